The van der Waals surface area contributed by atoms with Gasteiger partial charge >= 0.3 is 17.9 Å². The molecule has 0 aromatic heterocycles. The van der Waals surface area contributed by atoms with Gasteiger partial charge in [-0.1, -0.05) is 19.1 Å². The Morgan fingerprint density at radius 1 is 1.30 bits per heavy atom. The number of carbonyl (C=O) groups excluding carboxylic acids is 4. The van der Waals surface area contributed by atoms with Crippen LogP contribution in [0.2, 0.25) is 0 Å². The van der Waals surface area contributed by atoms with E-state index in [1.165, 1.54) is 19.9 Å². The third kappa shape index (κ3) is 4.85. The van der Waals surface area contributed by atoms with E-state index in [-0.39, 0.29) is 35.3 Å². The molecule has 1 heterocycles. The molecule has 0 aromatic carbocycles. The van der Waals surface area contributed by atoms with Crippen molar-refractivity contribution in [2.24, 2.45) is 5.92 Å². The summed E-state index contributed by atoms with van der Waals surface area (Å²) in [6.07, 6.45) is -1.67. The minimum Gasteiger partial charge on any atom is -0.461 e. The quantitative estimate of drug-likeness (QED) is 0.293. The van der Waals surface area contributed by atoms with Gasteiger partial charge < -0.3 is 24.4 Å². The van der Waals surface area contributed by atoms with E-state index in [2.05, 4.69) is 6.58 Å². The molecule has 2 aliphatic rings. The van der Waals surface area contributed by atoms with E-state index >= 15 is 0 Å². The van der Waals surface area contributed by atoms with Gasteiger partial charge in [-0.15, -0.1) is 0 Å². The van der Waals surface area contributed by atoms with Gasteiger partial charge in [-0.25, -0.2) is 9.59 Å². The van der Waals surface area contributed by atoms with Crippen molar-refractivity contribution in [1.29, 1.82) is 0 Å². The lowest BCUT2D eigenvalue weighted by atomic mass is 9.83. The summed E-state index contributed by atoms with van der Waals surface area (Å²) in [5.74, 6) is -6.22. The Morgan fingerprint density at radius 2 is 1.93 bits per heavy atom. The number of rotatable bonds is 4. The maximum absolute atomic E-state index is 12.5. The predicted molar refractivity (Wildman–Crippen MR) is 103 cm³/mol. The molecule has 0 amide bonds. The fourth-order valence-corrected chi connectivity index (χ4v) is 3.30. The fraction of sp³-hybridized carbons (Fsp3) is 0.524. The number of hydrogen-bond acceptors (Lipinski definition) is 9. The van der Waals surface area contributed by atoms with Gasteiger partial charge in [0.1, 0.15) is 18.5 Å². The van der Waals surface area contributed by atoms with Gasteiger partial charge in [-0.05, 0) is 26.3 Å². The average Bonchev–Trinajstić information content (AvgIpc) is 2.89. The number of ketones is 1. The van der Waals surface area contributed by atoms with E-state index in [0.29, 0.717) is 5.57 Å². The van der Waals surface area contributed by atoms with Crippen LogP contribution in [0.4, 0.5) is 0 Å². The fourth-order valence-electron chi connectivity index (χ4n) is 3.30. The summed E-state index contributed by atoms with van der Waals surface area (Å²) in [6.45, 7) is 8.51. The standard InChI is InChI=1S/C21H26O9/c1-10(2)19(25)29-18-16-14(9-28-13(5)22)20(26)30-21(16,27)8-11(3)6-7-15(23)12(4)17(18)24/h8,12,17-18,24,27H,1,6-7,9H2,2-5H3. The molecule has 1 aliphatic carbocycles. The predicted octanol–water partition coefficient (Wildman–Crippen LogP) is 0.886. The monoisotopic (exact) mass is 422 g/mol. The number of ether oxygens (including phenoxy) is 3. The number of allylic oxidation sites excluding steroid dienone is 1. The molecule has 0 aromatic rings. The van der Waals surface area contributed by atoms with Gasteiger partial charge in [0.05, 0.1) is 11.1 Å². The molecular formula is C21H26O9. The normalized spacial score (nSPS) is 29.5. The van der Waals surface area contributed by atoms with E-state index in [0.717, 1.165) is 6.92 Å². The molecule has 30 heavy (non-hydrogen) atoms. The summed E-state index contributed by atoms with van der Waals surface area (Å²) in [6, 6.07) is 0. The average molecular weight is 422 g/mol. The van der Waals surface area contributed by atoms with Gasteiger partial charge in [0.25, 0.3) is 5.79 Å². The molecule has 4 atom stereocenters. The number of hydrogen-bond donors (Lipinski definition) is 2. The molecule has 2 N–H and O–H groups in total. The van der Waals surface area contributed by atoms with Crippen LogP contribution in [0.15, 0.2) is 34.9 Å². The van der Waals surface area contributed by atoms with Crippen LogP contribution in [0.25, 0.3) is 0 Å². The van der Waals surface area contributed by atoms with Crippen LogP contribution in [0.3, 0.4) is 0 Å². The second-order valence-corrected chi connectivity index (χ2v) is 7.60. The number of esters is 3. The van der Waals surface area contributed by atoms with Crippen molar-refractivity contribution < 1.29 is 43.6 Å². The first-order valence-corrected chi connectivity index (χ1v) is 9.45. The molecule has 2 rings (SSSR count). The summed E-state index contributed by atoms with van der Waals surface area (Å²) < 4.78 is 15.4. The van der Waals surface area contributed by atoms with Gasteiger partial charge in [0.15, 0.2) is 6.10 Å². The number of carbonyl (C=O) groups is 4. The molecular weight excluding hydrogens is 396 g/mol. The largest absolute Gasteiger partial charge is 0.461 e. The number of aliphatic hydroxyl groups is 2. The molecule has 0 saturated carbocycles. The van der Waals surface area contributed by atoms with Crippen LogP contribution in [-0.2, 0) is 33.4 Å². The SMILES string of the molecule is C=C(C)C(=O)OC1C2=C(COC(C)=O)C(=O)OC2(O)C=C(C)CCC(=O)C(C)C1O. The molecule has 0 spiro atoms. The number of aliphatic hydroxyl groups excluding tert-OH is 1. The van der Waals surface area contributed by atoms with Crippen LogP contribution in [-0.4, -0.2) is 58.5 Å². The first kappa shape index (κ1) is 23.5. The van der Waals surface area contributed by atoms with E-state index in [9.17, 15) is 29.4 Å². The van der Waals surface area contributed by atoms with Crippen molar-refractivity contribution in [2.45, 2.75) is 58.5 Å². The lowest BCUT2D eigenvalue weighted by Crippen LogP contribution is -2.47. The van der Waals surface area contributed by atoms with Crippen LogP contribution in [0, 0.1) is 5.92 Å². The highest BCUT2D eigenvalue weighted by atomic mass is 16.7. The zero-order chi connectivity index (χ0) is 22.8. The zero-order valence-electron chi connectivity index (χ0n) is 17.4. The maximum Gasteiger partial charge on any atom is 0.340 e. The van der Waals surface area contributed by atoms with Gasteiger partial charge in [0, 0.05) is 24.8 Å². The minimum atomic E-state index is -2.35. The Hall–Kier alpha value is -2.78. The third-order valence-electron chi connectivity index (χ3n) is 5.03. The summed E-state index contributed by atoms with van der Waals surface area (Å²) >= 11 is 0. The van der Waals surface area contributed by atoms with Gasteiger partial charge in [-0.3, -0.25) is 9.59 Å². The molecule has 164 valence electrons. The number of fused-ring (bicyclic) bond motifs is 1. The molecule has 1 aliphatic heterocycles. The minimum absolute atomic E-state index is 0.000846. The highest BCUT2D eigenvalue weighted by Gasteiger charge is 2.53. The lowest BCUT2D eigenvalue weighted by Gasteiger charge is -2.33. The van der Waals surface area contributed by atoms with Crippen molar-refractivity contribution in [1.82, 2.24) is 0 Å². The summed E-state index contributed by atoms with van der Waals surface area (Å²) in [5, 5.41) is 22.1. The second-order valence-electron chi connectivity index (χ2n) is 7.60. The molecule has 0 bridgehead atoms. The van der Waals surface area contributed by atoms with Crippen LogP contribution in [0.5, 0.6) is 0 Å². The highest BCUT2D eigenvalue weighted by Crippen LogP contribution is 2.40. The topological polar surface area (TPSA) is 136 Å². The smallest absolute Gasteiger partial charge is 0.340 e. The van der Waals surface area contributed by atoms with Gasteiger partial charge in [-0.2, -0.15) is 0 Å². The third-order valence-corrected chi connectivity index (χ3v) is 5.03. The molecule has 0 fully saturated rings. The van der Waals surface area contributed by atoms with E-state index in [1.807, 2.05) is 0 Å². The summed E-state index contributed by atoms with van der Waals surface area (Å²) in [7, 11) is 0. The van der Waals surface area contributed by atoms with Crippen LogP contribution < -0.4 is 0 Å². The zero-order valence-corrected chi connectivity index (χ0v) is 17.4. The first-order valence-electron chi connectivity index (χ1n) is 9.45. The molecule has 9 heteroatoms. The molecule has 0 saturated heterocycles. The Labute approximate surface area is 174 Å². The number of Topliss-reactive ketones (excluding diaryl/α,β-unsaturated/α-hetero) is 1. The summed E-state index contributed by atoms with van der Waals surface area (Å²) in [5.41, 5.74) is -0.0355. The van der Waals surface area contributed by atoms with Crippen LogP contribution in [0.1, 0.15) is 40.5 Å². The Morgan fingerprint density at radius 3 is 2.50 bits per heavy atom. The van der Waals surface area contributed by atoms with Crippen molar-refractivity contribution in [3.05, 3.63) is 34.9 Å². The van der Waals surface area contributed by atoms with E-state index in [4.69, 9.17) is 14.2 Å². The Balaban J connectivity index is 2.73. The summed E-state index contributed by atoms with van der Waals surface area (Å²) in [4.78, 5) is 48.5. The van der Waals surface area contributed by atoms with Gasteiger partial charge in [0.2, 0.25) is 0 Å². The second kappa shape index (κ2) is 8.93. The molecule has 4 unspecified atom stereocenters. The highest BCUT2D eigenvalue weighted by molar-refractivity contribution is 5.95. The van der Waals surface area contributed by atoms with Crippen molar-refractivity contribution >= 4 is 23.7 Å². The Bertz CT molecular complexity index is 851. The van der Waals surface area contributed by atoms with Crippen LogP contribution >= 0.6 is 0 Å². The Kier molecular flexibility index (Phi) is 6.99. The van der Waals surface area contributed by atoms with Crippen molar-refractivity contribution in [2.75, 3.05) is 6.61 Å². The van der Waals surface area contributed by atoms with Crippen molar-refractivity contribution in [3.8, 4) is 0 Å². The molecule has 9 nitrogen and oxygen atoms in total. The first-order chi connectivity index (χ1) is 13.9. The van der Waals surface area contributed by atoms with Crippen molar-refractivity contribution in [3.63, 3.8) is 0 Å². The lowest BCUT2D eigenvalue weighted by molar-refractivity contribution is -0.174. The van der Waals surface area contributed by atoms with E-state index < -0.39 is 48.4 Å². The molecule has 0 radical (unpaired) electrons. The maximum atomic E-state index is 12.5. The van der Waals surface area contributed by atoms with E-state index in [1.54, 1.807) is 6.92 Å².